The third-order valence-corrected chi connectivity index (χ3v) is 5.85. The molecule has 0 heterocycles. The van der Waals surface area contributed by atoms with Crippen molar-refractivity contribution < 1.29 is 13.5 Å². The number of allylic oxidation sites excluding steroid dienone is 4. The van der Waals surface area contributed by atoms with Crippen LogP contribution in [0.15, 0.2) is 35.9 Å². The molecule has 26 heavy (non-hydrogen) atoms. The number of hydrogen-bond acceptors (Lipinski definition) is 1. The molecule has 1 saturated carbocycles. The fourth-order valence-electron chi connectivity index (χ4n) is 4.03. The van der Waals surface area contributed by atoms with Gasteiger partial charge in [0, 0.05) is 5.92 Å². The van der Waals surface area contributed by atoms with E-state index < -0.39 is 11.6 Å². The molecule has 0 bridgehead atoms. The van der Waals surface area contributed by atoms with Crippen LogP contribution in [-0.2, 0) is 0 Å². The molecule has 1 aromatic rings. The second-order valence-electron chi connectivity index (χ2n) is 7.85. The lowest BCUT2D eigenvalue weighted by molar-refractivity contribution is 0.288. The number of benzene rings is 1. The summed E-state index contributed by atoms with van der Waals surface area (Å²) in [6.45, 7) is 4.78. The number of rotatable bonds is 6. The zero-order chi connectivity index (χ0) is 18.5. The van der Waals surface area contributed by atoms with Crippen molar-refractivity contribution in [1.82, 2.24) is 0 Å². The van der Waals surface area contributed by atoms with Gasteiger partial charge in [-0.1, -0.05) is 57.4 Å². The summed E-state index contributed by atoms with van der Waals surface area (Å²) in [5.74, 6) is -0.228. The summed E-state index contributed by atoms with van der Waals surface area (Å²) in [4.78, 5) is 0. The molecule has 1 aromatic carbocycles. The second kappa shape index (κ2) is 8.83. The van der Waals surface area contributed by atoms with Gasteiger partial charge in [-0.2, -0.15) is 4.39 Å². The number of hydrogen-bond donors (Lipinski definition) is 0. The van der Waals surface area contributed by atoms with E-state index in [2.05, 4.69) is 19.1 Å². The van der Waals surface area contributed by atoms with Gasteiger partial charge in [0.15, 0.2) is 11.6 Å². The zero-order valence-corrected chi connectivity index (χ0v) is 15.9. The number of unbranched alkanes of at least 4 members (excludes halogenated alkanes) is 1. The molecule has 3 heteroatoms. The maximum absolute atomic E-state index is 14.5. The minimum Gasteiger partial charge on any atom is -0.490 e. The Bertz CT molecular complexity index is 669. The average Bonchev–Trinajstić information content (AvgIpc) is 2.66. The third kappa shape index (κ3) is 4.36. The molecule has 0 aliphatic heterocycles. The van der Waals surface area contributed by atoms with Crippen LogP contribution in [0.3, 0.4) is 0 Å². The van der Waals surface area contributed by atoms with Gasteiger partial charge in [0.1, 0.15) is 0 Å². The topological polar surface area (TPSA) is 9.23 Å². The molecule has 0 N–H and O–H groups in total. The van der Waals surface area contributed by atoms with E-state index in [1.165, 1.54) is 31.3 Å². The Balaban J connectivity index is 1.66. The van der Waals surface area contributed by atoms with Crippen LogP contribution in [0.4, 0.5) is 8.78 Å². The Labute approximate surface area is 156 Å². The highest BCUT2D eigenvalue weighted by atomic mass is 19.2. The summed E-state index contributed by atoms with van der Waals surface area (Å²) >= 11 is 0. The van der Waals surface area contributed by atoms with E-state index >= 15 is 0 Å². The van der Waals surface area contributed by atoms with Crippen LogP contribution in [0.1, 0.15) is 70.3 Å². The van der Waals surface area contributed by atoms with Gasteiger partial charge in [-0.25, -0.2) is 4.39 Å². The van der Waals surface area contributed by atoms with E-state index in [1.54, 1.807) is 12.1 Å². The maximum atomic E-state index is 14.5. The van der Waals surface area contributed by atoms with Gasteiger partial charge < -0.3 is 4.74 Å². The van der Waals surface area contributed by atoms with Crippen LogP contribution in [0, 0.1) is 23.5 Å². The zero-order valence-electron chi connectivity index (χ0n) is 15.9. The van der Waals surface area contributed by atoms with Crippen molar-refractivity contribution in [2.45, 2.75) is 64.7 Å². The molecule has 0 saturated heterocycles. The largest absolute Gasteiger partial charge is 0.490 e. The predicted octanol–water partition coefficient (Wildman–Crippen LogP) is 6.94. The minimum atomic E-state index is -0.858. The first-order valence-electron chi connectivity index (χ1n) is 10.1. The van der Waals surface area contributed by atoms with Gasteiger partial charge in [0.25, 0.3) is 0 Å². The molecule has 2 aliphatic rings. The van der Waals surface area contributed by atoms with Crippen LogP contribution < -0.4 is 4.74 Å². The summed E-state index contributed by atoms with van der Waals surface area (Å²) in [5, 5.41) is 0. The molecular weight excluding hydrogens is 330 g/mol. The fourth-order valence-corrected chi connectivity index (χ4v) is 4.03. The molecule has 3 rings (SSSR count). The summed E-state index contributed by atoms with van der Waals surface area (Å²) in [6.07, 6.45) is 14.0. The first-order chi connectivity index (χ1) is 12.6. The highest BCUT2D eigenvalue weighted by molar-refractivity contribution is 5.38. The van der Waals surface area contributed by atoms with Crippen molar-refractivity contribution in [3.05, 3.63) is 53.1 Å². The van der Waals surface area contributed by atoms with Crippen LogP contribution in [0.5, 0.6) is 5.75 Å². The van der Waals surface area contributed by atoms with Gasteiger partial charge in [0.05, 0.1) is 6.61 Å². The van der Waals surface area contributed by atoms with Gasteiger partial charge in [-0.05, 0) is 54.7 Å². The molecule has 1 nitrogen and oxygen atoms in total. The van der Waals surface area contributed by atoms with Crippen LogP contribution in [0.25, 0.3) is 0 Å². The minimum absolute atomic E-state index is 0.0204. The van der Waals surface area contributed by atoms with Gasteiger partial charge in [-0.3, -0.25) is 0 Å². The third-order valence-electron chi connectivity index (χ3n) is 5.85. The Hall–Kier alpha value is -1.64. The lowest BCUT2D eigenvalue weighted by Gasteiger charge is -2.29. The van der Waals surface area contributed by atoms with Crippen molar-refractivity contribution in [3.63, 3.8) is 0 Å². The van der Waals surface area contributed by atoms with E-state index in [-0.39, 0.29) is 11.7 Å². The lowest BCUT2D eigenvalue weighted by atomic mass is 9.76. The standard InChI is InChI=1S/C23H30F2O/c1-3-4-15-26-21-14-13-20(22(24)23(21)25)19-11-9-18(10-12-19)17-7-5-16(2)6-8-17/h9-11,13-14,16-17,19H,3-8,12,15H2,1-2H3. The Morgan fingerprint density at radius 1 is 1.08 bits per heavy atom. The molecule has 0 aromatic heterocycles. The highest BCUT2D eigenvalue weighted by Gasteiger charge is 2.24. The quantitative estimate of drug-likeness (QED) is 0.499. The summed E-state index contributed by atoms with van der Waals surface area (Å²) in [6, 6.07) is 3.24. The monoisotopic (exact) mass is 360 g/mol. The number of halogens is 2. The van der Waals surface area contributed by atoms with Crippen molar-refractivity contribution in [2.75, 3.05) is 6.61 Å². The van der Waals surface area contributed by atoms with Gasteiger partial charge in [-0.15, -0.1) is 0 Å². The molecule has 1 fully saturated rings. The molecule has 142 valence electrons. The smallest absolute Gasteiger partial charge is 0.200 e. The van der Waals surface area contributed by atoms with Gasteiger partial charge >= 0.3 is 0 Å². The first-order valence-corrected chi connectivity index (χ1v) is 10.1. The molecular formula is C23H30F2O. The van der Waals surface area contributed by atoms with Crippen molar-refractivity contribution in [1.29, 1.82) is 0 Å². The second-order valence-corrected chi connectivity index (χ2v) is 7.85. The molecule has 0 radical (unpaired) electrons. The van der Waals surface area contributed by atoms with Crippen molar-refractivity contribution in [3.8, 4) is 5.75 Å². The van der Waals surface area contributed by atoms with E-state index in [9.17, 15) is 8.78 Å². The van der Waals surface area contributed by atoms with Crippen LogP contribution >= 0.6 is 0 Å². The van der Waals surface area contributed by atoms with Crippen molar-refractivity contribution in [2.24, 2.45) is 11.8 Å². The average molecular weight is 360 g/mol. The van der Waals surface area contributed by atoms with Crippen LogP contribution in [-0.4, -0.2) is 6.61 Å². The van der Waals surface area contributed by atoms with Crippen LogP contribution in [0.2, 0.25) is 0 Å². The van der Waals surface area contributed by atoms with E-state index in [4.69, 9.17) is 4.74 Å². The lowest BCUT2D eigenvalue weighted by Crippen LogP contribution is -2.15. The van der Waals surface area contributed by atoms with Crippen molar-refractivity contribution >= 4 is 0 Å². The van der Waals surface area contributed by atoms with E-state index in [0.29, 0.717) is 18.1 Å². The van der Waals surface area contributed by atoms with E-state index in [1.807, 2.05) is 13.0 Å². The fraction of sp³-hybridized carbons (Fsp3) is 0.565. The molecule has 1 atom stereocenters. The Kier molecular flexibility index (Phi) is 6.50. The first kappa shape index (κ1) is 19.1. The summed E-state index contributed by atoms with van der Waals surface area (Å²) < 4.78 is 34.2. The maximum Gasteiger partial charge on any atom is 0.200 e. The molecule has 0 spiro atoms. The highest BCUT2D eigenvalue weighted by Crippen LogP contribution is 2.38. The normalized spacial score (nSPS) is 25.8. The Morgan fingerprint density at radius 3 is 2.50 bits per heavy atom. The molecule has 0 amide bonds. The summed E-state index contributed by atoms with van der Waals surface area (Å²) in [5.41, 5.74) is 1.81. The SMILES string of the molecule is CCCCOc1ccc(C2C=CC(C3CCC(C)CC3)=CC2)c(F)c1F. The summed E-state index contributed by atoms with van der Waals surface area (Å²) in [7, 11) is 0. The number of ether oxygens (including phenoxy) is 1. The molecule has 2 aliphatic carbocycles. The predicted molar refractivity (Wildman–Crippen MR) is 102 cm³/mol. The van der Waals surface area contributed by atoms with E-state index in [0.717, 1.165) is 25.2 Å². The molecule has 1 unspecified atom stereocenters. The van der Waals surface area contributed by atoms with Gasteiger partial charge in [0.2, 0.25) is 5.82 Å². The Morgan fingerprint density at radius 2 is 1.85 bits per heavy atom.